The van der Waals surface area contributed by atoms with Gasteiger partial charge < -0.3 is 10.2 Å². The standard InChI is InChI=1S/C10H20O2/c1-4-8(2)5-6-9(3)7-10(11)12/h5-6,8-12H,4,7H2,1-3H3. The molecule has 0 aliphatic rings. The molecule has 0 aromatic rings. The summed E-state index contributed by atoms with van der Waals surface area (Å²) in [6.45, 7) is 6.28. The molecule has 2 N–H and O–H groups in total. The van der Waals surface area contributed by atoms with Gasteiger partial charge in [0.15, 0.2) is 6.29 Å². The van der Waals surface area contributed by atoms with E-state index in [1.807, 2.05) is 13.0 Å². The topological polar surface area (TPSA) is 40.5 Å². The largest absolute Gasteiger partial charge is 0.368 e. The molecule has 0 saturated carbocycles. The summed E-state index contributed by atoms with van der Waals surface area (Å²) in [5.41, 5.74) is 0. The van der Waals surface area contributed by atoms with Crippen molar-refractivity contribution >= 4 is 0 Å². The van der Waals surface area contributed by atoms with Crippen LogP contribution >= 0.6 is 0 Å². The van der Waals surface area contributed by atoms with Crippen molar-refractivity contribution in [1.82, 2.24) is 0 Å². The third kappa shape index (κ3) is 6.38. The minimum Gasteiger partial charge on any atom is -0.368 e. The van der Waals surface area contributed by atoms with Gasteiger partial charge in [0.1, 0.15) is 0 Å². The Morgan fingerprint density at radius 1 is 1.08 bits per heavy atom. The second kappa shape index (κ2) is 6.21. The average Bonchev–Trinajstić information content (AvgIpc) is 1.99. The zero-order chi connectivity index (χ0) is 9.56. The van der Waals surface area contributed by atoms with Crippen molar-refractivity contribution in [2.45, 2.75) is 39.9 Å². The van der Waals surface area contributed by atoms with Crippen LogP contribution in [0.5, 0.6) is 0 Å². The fourth-order valence-corrected chi connectivity index (χ4v) is 0.927. The zero-order valence-electron chi connectivity index (χ0n) is 8.20. The van der Waals surface area contributed by atoms with Crippen LogP contribution in [0.2, 0.25) is 0 Å². The summed E-state index contributed by atoms with van der Waals surface area (Å²) >= 11 is 0. The first kappa shape index (κ1) is 11.7. The van der Waals surface area contributed by atoms with E-state index in [-0.39, 0.29) is 5.92 Å². The normalized spacial score (nSPS) is 17.2. The minimum absolute atomic E-state index is 0.249. The summed E-state index contributed by atoms with van der Waals surface area (Å²) in [7, 11) is 0. The smallest absolute Gasteiger partial charge is 0.151 e. The molecular weight excluding hydrogens is 152 g/mol. The van der Waals surface area contributed by atoms with Gasteiger partial charge in [0.25, 0.3) is 0 Å². The Hall–Kier alpha value is -0.340. The van der Waals surface area contributed by atoms with Gasteiger partial charge in [0.05, 0.1) is 0 Å². The van der Waals surface area contributed by atoms with E-state index in [1.165, 1.54) is 0 Å². The molecule has 2 unspecified atom stereocenters. The van der Waals surface area contributed by atoms with Crippen molar-refractivity contribution in [1.29, 1.82) is 0 Å². The molecule has 0 aromatic heterocycles. The third-order valence-corrected chi connectivity index (χ3v) is 1.99. The van der Waals surface area contributed by atoms with E-state index in [4.69, 9.17) is 10.2 Å². The Balaban J connectivity index is 3.67. The molecule has 0 bridgehead atoms. The molecule has 0 fully saturated rings. The first-order valence-electron chi connectivity index (χ1n) is 4.60. The Morgan fingerprint density at radius 3 is 2.00 bits per heavy atom. The van der Waals surface area contributed by atoms with Crippen LogP contribution in [0.25, 0.3) is 0 Å². The maximum absolute atomic E-state index is 8.67. The van der Waals surface area contributed by atoms with Crippen LogP contribution in [0.1, 0.15) is 33.6 Å². The van der Waals surface area contributed by atoms with Crippen molar-refractivity contribution in [2.75, 3.05) is 0 Å². The second-order valence-electron chi connectivity index (χ2n) is 3.46. The number of hydrogen-bond donors (Lipinski definition) is 2. The lowest BCUT2D eigenvalue weighted by Crippen LogP contribution is -2.08. The molecule has 0 aliphatic carbocycles. The van der Waals surface area contributed by atoms with Gasteiger partial charge in [-0.15, -0.1) is 0 Å². The molecule has 0 rings (SSSR count). The predicted molar refractivity (Wildman–Crippen MR) is 50.6 cm³/mol. The fourth-order valence-electron chi connectivity index (χ4n) is 0.927. The number of rotatable bonds is 5. The van der Waals surface area contributed by atoms with Gasteiger partial charge >= 0.3 is 0 Å². The molecule has 0 heterocycles. The third-order valence-electron chi connectivity index (χ3n) is 1.99. The molecule has 0 aromatic carbocycles. The number of allylic oxidation sites excluding steroid dienone is 2. The van der Waals surface area contributed by atoms with E-state index < -0.39 is 6.29 Å². The van der Waals surface area contributed by atoms with Gasteiger partial charge in [-0.25, -0.2) is 0 Å². The lowest BCUT2D eigenvalue weighted by Gasteiger charge is -2.08. The van der Waals surface area contributed by atoms with E-state index in [2.05, 4.69) is 19.9 Å². The molecule has 0 amide bonds. The van der Waals surface area contributed by atoms with E-state index in [0.29, 0.717) is 12.3 Å². The number of aliphatic hydroxyl groups excluding tert-OH is 1. The van der Waals surface area contributed by atoms with Crippen molar-refractivity contribution < 1.29 is 10.2 Å². The highest BCUT2D eigenvalue weighted by Crippen LogP contribution is 2.09. The first-order valence-corrected chi connectivity index (χ1v) is 4.60. The molecule has 0 spiro atoms. The second-order valence-corrected chi connectivity index (χ2v) is 3.46. The summed E-state index contributed by atoms with van der Waals surface area (Å²) in [6, 6.07) is 0. The lowest BCUT2D eigenvalue weighted by molar-refractivity contribution is -0.0510. The van der Waals surface area contributed by atoms with E-state index in [0.717, 1.165) is 6.42 Å². The van der Waals surface area contributed by atoms with Crippen molar-refractivity contribution in [2.24, 2.45) is 11.8 Å². The Kier molecular flexibility index (Phi) is 6.03. The van der Waals surface area contributed by atoms with E-state index in [9.17, 15) is 0 Å². The van der Waals surface area contributed by atoms with Gasteiger partial charge in [0, 0.05) is 6.42 Å². The van der Waals surface area contributed by atoms with E-state index in [1.54, 1.807) is 0 Å². The molecule has 0 aliphatic heterocycles. The van der Waals surface area contributed by atoms with Crippen molar-refractivity contribution in [3.05, 3.63) is 12.2 Å². The van der Waals surface area contributed by atoms with Gasteiger partial charge in [-0.05, 0) is 11.8 Å². The monoisotopic (exact) mass is 172 g/mol. The van der Waals surface area contributed by atoms with Crippen molar-refractivity contribution in [3.63, 3.8) is 0 Å². The zero-order valence-corrected chi connectivity index (χ0v) is 8.20. The highest BCUT2D eigenvalue weighted by molar-refractivity contribution is 4.89. The molecule has 2 atom stereocenters. The van der Waals surface area contributed by atoms with E-state index >= 15 is 0 Å². The summed E-state index contributed by atoms with van der Waals surface area (Å²) in [4.78, 5) is 0. The highest BCUT2D eigenvalue weighted by Gasteiger charge is 2.03. The highest BCUT2D eigenvalue weighted by atomic mass is 16.5. The maximum atomic E-state index is 8.67. The van der Waals surface area contributed by atoms with Crippen LogP contribution in [-0.2, 0) is 0 Å². The van der Waals surface area contributed by atoms with Crippen LogP contribution in [0, 0.1) is 11.8 Å². The molecule has 0 saturated heterocycles. The fraction of sp³-hybridized carbons (Fsp3) is 0.800. The summed E-state index contributed by atoms with van der Waals surface area (Å²) in [5.74, 6) is 0.835. The van der Waals surface area contributed by atoms with Gasteiger partial charge in [-0.3, -0.25) is 0 Å². The summed E-state index contributed by atoms with van der Waals surface area (Å²) in [6.07, 6.45) is 4.56. The van der Waals surface area contributed by atoms with Gasteiger partial charge in [-0.2, -0.15) is 0 Å². The predicted octanol–water partition coefficient (Wildman–Crippen LogP) is 1.93. The van der Waals surface area contributed by atoms with Gasteiger partial charge in [-0.1, -0.05) is 39.3 Å². The van der Waals surface area contributed by atoms with Crippen LogP contribution in [-0.4, -0.2) is 16.5 Å². The van der Waals surface area contributed by atoms with Crippen LogP contribution < -0.4 is 0 Å². The lowest BCUT2D eigenvalue weighted by atomic mass is 10.0. The maximum Gasteiger partial charge on any atom is 0.151 e. The molecule has 2 nitrogen and oxygen atoms in total. The Labute approximate surface area is 74.9 Å². The van der Waals surface area contributed by atoms with Crippen LogP contribution in [0.3, 0.4) is 0 Å². The average molecular weight is 172 g/mol. The van der Waals surface area contributed by atoms with Crippen LogP contribution in [0.4, 0.5) is 0 Å². The first-order chi connectivity index (χ1) is 5.56. The molecule has 72 valence electrons. The molecule has 2 heteroatoms. The number of hydrogen-bond acceptors (Lipinski definition) is 2. The summed E-state index contributed by atoms with van der Waals surface area (Å²) in [5, 5.41) is 17.3. The molecule has 0 radical (unpaired) electrons. The molecular formula is C10H20O2. The van der Waals surface area contributed by atoms with Crippen molar-refractivity contribution in [3.8, 4) is 0 Å². The summed E-state index contributed by atoms with van der Waals surface area (Å²) < 4.78 is 0. The SMILES string of the molecule is CCC(C)C=CC(C)CC(O)O. The van der Waals surface area contributed by atoms with Gasteiger partial charge in [0.2, 0.25) is 0 Å². The quantitative estimate of drug-likeness (QED) is 0.491. The Bertz CT molecular complexity index is 130. The van der Waals surface area contributed by atoms with Crippen LogP contribution in [0.15, 0.2) is 12.2 Å². The number of aliphatic hydroxyl groups is 2. The molecule has 12 heavy (non-hydrogen) atoms. The minimum atomic E-state index is -1.18. The Morgan fingerprint density at radius 2 is 1.58 bits per heavy atom.